The van der Waals surface area contributed by atoms with Crippen LogP contribution in [0.1, 0.15) is 46.2 Å². The van der Waals surface area contributed by atoms with Gasteiger partial charge in [-0.3, -0.25) is 0 Å². The predicted molar refractivity (Wildman–Crippen MR) is 91.0 cm³/mol. The van der Waals surface area contributed by atoms with E-state index in [1.54, 1.807) is 7.11 Å². The second kappa shape index (κ2) is 6.65. The molecule has 0 atom stereocenters. The molecule has 1 fully saturated rings. The van der Waals surface area contributed by atoms with Crippen LogP contribution in [0.2, 0.25) is 5.02 Å². The van der Waals surface area contributed by atoms with Gasteiger partial charge in [-0.15, -0.1) is 0 Å². The molecule has 3 rings (SSSR count). The lowest BCUT2D eigenvalue weighted by atomic mass is 10.1. The van der Waals surface area contributed by atoms with Gasteiger partial charge in [0.25, 0.3) is 0 Å². The number of halogens is 1. The van der Waals surface area contributed by atoms with Crippen molar-refractivity contribution in [2.24, 2.45) is 0 Å². The van der Waals surface area contributed by atoms with E-state index in [4.69, 9.17) is 16.3 Å². The van der Waals surface area contributed by atoms with Gasteiger partial charge in [-0.25, -0.2) is 14.8 Å². The first-order valence-electron chi connectivity index (χ1n) is 7.67. The van der Waals surface area contributed by atoms with Crippen LogP contribution in [0.3, 0.4) is 0 Å². The van der Waals surface area contributed by atoms with Gasteiger partial charge in [-0.2, -0.15) is 0 Å². The topological polar surface area (TPSA) is 84.3 Å². The quantitative estimate of drug-likeness (QED) is 0.830. The molecule has 1 saturated carbocycles. The Balaban J connectivity index is 1.85. The Hall–Kier alpha value is -2.34. The van der Waals surface area contributed by atoms with Crippen molar-refractivity contribution in [3.63, 3.8) is 0 Å². The van der Waals surface area contributed by atoms with Gasteiger partial charge >= 0.3 is 5.97 Å². The van der Waals surface area contributed by atoms with Crippen LogP contribution >= 0.6 is 11.6 Å². The fraction of sp³-hybridized carbons (Fsp3) is 0.353. The zero-order chi connectivity index (χ0) is 17.3. The average molecular weight is 348 g/mol. The normalized spacial score (nSPS) is 13.6. The van der Waals surface area contributed by atoms with Crippen LogP contribution in [0, 0.1) is 6.92 Å². The smallest absolute Gasteiger partial charge is 0.356 e. The number of benzene rings is 1. The first-order valence-corrected chi connectivity index (χ1v) is 8.05. The molecule has 0 saturated heterocycles. The Kier molecular flexibility index (Phi) is 4.57. The first-order chi connectivity index (χ1) is 11.5. The number of carboxylic acids is 1. The highest BCUT2D eigenvalue weighted by Gasteiger charge is 2.29. The summed E-state index contributed by atoms with van der Waals surface area (Å²) in [7, 11) is 1.63. The summed E-state index contributed by atoms with van der Waals surface area (Å²) >= 11 is 6.17. The van der Waals surface area contributed by atoms with Crippen LogP contribution in [0.5, 0.6) is 5.75 Å². The molecule has 1 aliphatic carbocycles. The molecule has 0 amide bonds. The zero-order valence-corrected chi connectivity index (χ0v) is 14.2. The van der Waals surface area contributed by atoms with E-state index in [0.29, 0.717) is 18.2 Å². The molecule has 0 bridgehead atoms. The Morgan fingerprint density at radius 3 is 2.75 bits per heavy atom. The van der Waals surface area contributed by atoms with E-state index in [2.05, 4.69) is 15.3 Å². The summed E-state index contributed by atoms with van der Waals surface area (Å²) in [6, 6.07) is 5.77. The molecule has 24 heavy (non-hydrogen) atoms. The summed E-state index contributed by atoms with van der Waals surface area (Å²) in [6.07, 6.45) is 1.97. The third-order valence-corrected chi connectivity index (χ3v) is 4.37. The maximum Gasteiger partial charge on any atom is 0.356 e. The predicted octanol–water partition coefficient (Wildman–Crippen LogP) is 3.63. The van der Waals surface area contributed by atoms with Crippen LogP contribution in [-0.2, 0) is 6.54 Å². The molecule has 1 heterocycles. The fourth-order valence-corrected chi connectivity index (χ4v) is 2.65. The van der Waals surface area contributed by atoms with Gasteiger partial charge in [0.05, 0.1) is 7.11 Å². The van der Waals surface area contributed by atoms with Crippen molar-refractivity contribution in [3.05, 3.63) is 45.9 Å². The third-order valence-electron chi connectivity index (χ3n) is 4.01. The molecule has 0 aliphatic heterocycles. The number of nitrogens with one attached hydrogen (secondary N) is 1. The van der Waals surface area contributed by atoms with E-state index < -0.39 is 5.97 Å². The minimum Gasteiger partial charge on any atom is -0.497 e. The number of rotatable bonds is 6. The largest absolute Gasteiger partial charge is 0.497 e. The summed E-state index contributed by atoms with van der Waals surface area (Å²) in [6.45, 7) is 2.47. The standard InChI is InChI=1S/C17H18ClN3O3/c1-9-7-12(24-2)6-5-11(9)8-19-16-13(18)14(17(22)23)20-15(21-16)10-3-4-10/h5-7,10H,3-4,8H2,1-2H3,(H,22,23)(H,19,20,21). The number of carbonyl (C=O) groups is 1. The van der Waals surface area contributed by atoms with Crippen molar-refractivity contribution < 1.29 is 14.6 Å². The molecule has 6 nitrogen and oxygen atoms in total. The molecule has 2 N–H and O–H groups in total. The number of aromatic carboxylic acids is 1. The minimum atomic E-state index is -1.15. The second-order valence-electron chi connectivity index (χ2n) is 5.82. The fourth-order valence-electron chi connectivity index (χ4n) is 2.42. The van der Waals surface area contributed by atoms with Crippen LogP contribution in [0.4, 0.5) is 5.82 Å². The van der Waals surface area contributed by atoms with Gasteiger partial charge in [0.2, 0.25) is 0 Å². The number of hydrogen-bond donors (Lipinski definition) is 2. The molecule has 1 aliphatic rings. The van der Waals surface area contributed by atoms with E-state index in [-0.39, 0.29) is 16.6 Å². The van der Waals surface area contributed by atoms with Crippen LogP contribution in [0.15, 0.2) is 18.2 Å². The van der Waals surface area contributed by atoms with E-state index in [9.17, 15) is 9.90 Å². The zero-order valence-electron chi connectivity index (χ0n) is 13.5. The van der Waals surface area contributed by atoms with Crippen LogP contribution < -0.4 is 10.1 Å². The van der Waals surface area contributed by atoms with Gasteiger partial charge < -0.3 is 15.2 Å². The lowest BCUT2D eigenvalue weighted by Gasteiger charge is -2.13. The number of methoxy groups -OCH3 is 1. The maximum atomic E-state index is 11.4. The number of aromatic nitrogens is 2. The Morgan fingerprint density at radius 1 is 1.42 bits per heavy atom. The Morgan fingerprint density at radius 2 is 2.17 bits per heavy atom. The summed E-state index contributed by atoms with van der Waals surface area (Å²) in [5.41, 5.74) is 1.96. The van der Waals surface area contributed by atoms with Gasteiger partial charge in [0, 0.05) is 12.5 Å². The van der Waals surface area contributed by atoms with Gasteiger partial charge in [0.15, 0.2) is 5.69 Å². The molecule has 0 radical (unpaired) electrons. The number of nitrogens with zero attached hydrogens (tertiary/aromatic N) is 2. The summed E-state index contributed by atoms with van der Waals surface area (Å²) < 4.78 is 5.20. The van der Waals surface area contributed by atoms with Gasteiger partial charge in [0.1, 0.15) is 22.4 Å². The number of hydrogen-bond acceptors (Lipinski definition) is 5. The van der Waals surface area contributed by atoms with Gasteiger partial charge in [-0.05, 0) is 43.0 Å². The average Bonchev–Trinajstić information content (AvgIpc) is 3.39. The monoisotopic (exact) mass is 347 g/mol. The first kappa shape index (κ1) is 16.5. The molecule has 0 unspecified atom stereocenters. The van der Waals surface area contributed by atoms with Crippen LogP contribution in [-0.4, -0.2) is 28.2 Å². The highest BCUT2D eigenvalue weighted by Crippen LogP contribution is 2.39. The van der Waals surface area contributed by atoms with E-state index >= 15 is 0 Å². The SMILES string of the molecule is COc1ccc(CNc2nc(C3CC3)nc(C(=O)O)c2Cl)c(C)c1. The molecule has 126 valence electrons. The van der Waals surface area contributed by atoms with Gasteiger partial charge in [-0.1, -0.05) is 17.7 Å². The van der Waals surface area contributed by atoms with Crippen LogP contribution in [0.25, 0.3) is 0 Å². The summed E-state index contributed by atoms with van der Waals surface area (Å²) in [4.78, 5) is 19.9. The van der Waals surface area contributed by atoms with E-state index in [1.165, 1.54) is 0 Å². The second-order valence-corrected chi connectivity index (χ2v) is 6.20. The summed E-state index contributed by atoms with van der Waals surface area (Å²) in [5.74, 6) is 0.795. The van der Waals surface area contributed by atoms with Crippen molar-refractivity contribution in [2.45, 2.75) is 32.2 Å². The number of carboxylic acid groups (broad SMARTS) is 1. The van der Waals surface area contributed by atoms with Crippen molar-refractivity contribution >= 4 is 23.4 Å². The highest BCUT2D eigenvalue weighted by atomic mass is 35.5. The lowest BCUT2D eigenvalue weighted by molar-refractivity contribution is 0.0690. The van der Waals surface area contributed by atoms with Crippen molar-refractivity contribution in [2.75, 3.05) is 12.4 Å². The van der Waals surface area contributed by atoms with E-state index in [0.717, 1.165) is 29.7 Å². The molecule has 2 aromatic rings. The Bertz CT molecular complexity index is 791. The Labute approximate surface area is 144 Å². The van der Waals surface area contributed by atoms with Crippen molar-refractivity contribution in [3.8, 4) is 5.75 Å². The molecular weight excluding hydrogens is 330 g/mol. The van der Waals surface area contributed by atoms with Crippen molar-refractivity contribution in [1.82, 2.24) is 9.97 Å². The third kappa shape index (κ3) is 3.43. The number of ether oxygens (including phenoxy) is 1. The molecule has 0 spiro atoms. The highest BCUT2D eigenvalue weighted by molar-refractivity contribution is 6.35. The molecule has 1 aromatic heterocycles. The van der Waals surface area contributed by atoms with E-state index in [1.807, 2.05) is 25.1 Å². The van der Waals surface area contributed by atoms with Crippen molar-refractivity contribution in [1.29, 1.82) is 0 Å². The number of aryl methyl sites for hydroxylation is 1. The molecule has 7 heteroatoms. The molecular formula is C17H18ClN3O3. The lowest BCUT2D eigenvalue weighted by Crippen LogP contribution is -2.11. The maximum absolute atomic E-state index is 11.4. The molecule has 1 aromatic carbocycles. The minimum absolute atomic E-state index is 0.0399. The summed E-state index contributed by atoms with van der Waals surface area (Å²) in [5, 5.41) is 12.5. The number of anilines is 1.